The van der Waals surface area contributed by atoms with Crippen molar-refractivity contribution in [2.24, 2.45) is 0 Å². The van der Waals surface area contributed by atoms with E-state index in [0.29, 0.717) is 0 Å². The molecule has 2 heterocycles. The van der Waals surface area contributed by atoms with Crippen LogP contribution in [0.5, 0.6) is 0 Å². The molecule has 3 aliphatic rings. The number of ether oxygens (including phenoxy) is 8. The molecule has 1 aliphatic carbocycles. The van der Waals surface area contributed by atoms with Crippen LogP contribution >= 0.6 is 0 Å². The maximum absolute atomic E-state index is 10.8. The molecule has 0 aromatic rings. The highest BCUT2D eigenvalue weighted by Gasteiger charge is 2.69. The molecule has 10 atom stereocenters. The van der Waals surface area contributed by atoms with Crippen LogP contribution in [-0.2, 0) is 37.9 Å². The molecule has 0 bridgehead atoms. The summed E-state index contributed by atoms with van der Waals surface area (Å²) in [5.74, 6) is -5.30. The lowest BCUT2D eigenvalue weighted by Crippen LogP contribution is -2.79. The Balaban J connectivity index is 2.01. The molecule has 3 rings (SSSR count). The molecule has 0 radical (unpaired) electrons. The zero-order valence-corrected chi connectivity index (χ0v) is 17.6. The molecular formula is C18H32O10. The standard InChI is InChI=1S/C18H32O10/c1-15(21-5)17(3,23-7)27-13-11(25-15)9(19)10(20)12-14(13)28-18(4,24-8)16(2,22-6)26-12/h9-14,19-20H,1-8H3/t9-,10-,11-,12-,13+,14+,15?,16?,17?,18?/m1/s1. The van der Waals surface area contributed by atoms with Crippen molar-refractivity contribution in [1.82, 2.24) is 0 Å². The van der Waals surface area contributed by atoms with Gasteiger partial charge in [-0.15, -0.1) is 0 Å². The van der Waals surface area contributed by atoms with E-state index >= 15 is 0 Å². The van der Waals surface area contributed by atoms with Crippen LogP contribution in [-0.4, -0.2) is 98.4 Å². The maximum atomic E-state index is 10.8. The third-order valence-corrected chi connectivity index (χ3v) is 6.65. The van der Waals surface area contributed by atoms with Crippen molar-refractivity contribution in [1.29, 1.82) is 0 Å². The van der Waals surface area contributed by atoms with E-state index < -0.39 is 59.8 Å². The molecule has 0 spiro atoms. The van der Waals surface area contributed by atoms with E-state index in [-0.39, 0.29) is 0 Å². The van der Waals surface area contributed by atoms with Crippen LogP contribution in [0, 0.1) is 0 Å². The molecule has 10 heteroatoms. The maximum Gasteiger partial charge on any atom is 0.220 e. The summed E-state index contributed by atoms with van der Waals surface area (Å²) >= 11 is 0. The number of hydrogen-bond acceptors (Lipinski definition) is 10. The lowest BCUT2D eigenvalue weighted by molar-refractivity contribution is -0.510. The van der Waals surface area contributed by atoms with Crippen molar-refractivity contribution in [3.63, 3.8) is 0 Å². The predicted octanol–water partition coefficient (Wildman–Crippen LogP) is -0.260. The molecule has 0 aromatic heterocycles. The van der Waals surface area contributed by atoms with Crippen molar-refractivity contribution >= 4 is 0 Å². The van der Waals surface area contributed by atoms with E-state index in [0.717, 1.165) is 0 Å². The van der Waals surface area contributed by atoms with Gasteiger partial charge in [0.1, 0.15) is 36.6 Å². The van der Waals surface area contributed by atoms with E-state index in [1.165, 1.54) is 28.4 Å². The molecule has 2 aliphatic heterocycles. The van der Waals surface area contributed by atoms with Crippen LogP contribution < -0.4 is 0 Å². The van der Waals surface area contributed by atoms with Gasteiger partial charge in [0.15, 0.2) is 0 Å². The Morgan fingerprint density at radius 3 is 0.929 bits per heavy atom. The normalized spacial score (nSPS) is 56.8. The number of rotatable bonds is 4. The summed E-state index contributed by atoms with van der Waals surface area (Å²) in [6.07, 6.45) is -6.24. The Morgan fingerprint density at radius 1 is 0.500 bits per heavy atom. The van der Waals surface area contributed by atoms with Crippen LogP contribution in [0.25, 0.3) is 0 Å². The van der Waals surface area contributed by atoms with Crippen molar-refractivity contribution in [3.8, 4) is 0 Å². The monoisotopic (exact) mass is 408 g/mol. The molecule has 28 heavy (non-hydrogen) atoms. The zero-order valence-electron chi connectivity index (χ0n) is 17.6. The fraction of sp³-hybridized carbons (Fsp3) is 1.00. The lowest BCUT2D eigenvalue weighted by atomic mass is 9.81. The minimum atomic E-state index is -1.34. The van der Waals surface area contributed by atoms with Gasteiger partial charge in [0.25, 0.3) is 0 Å². The van der Waals surface area contributed by atoms with Gasteiger partial charge in [0, 0.05) is 28.4 Å². The number of methoxy groups -OCH3 is 4. The fourth-order valence-corrected chi connectivity index (χ4v) is 4.09. The Hall–Kier alpha value is -0.400. The summed E-state index contributed by atoms with van der Waals surface area (Å²) in [6, 6.07) is 0. The summed E-state index contributed by atoms with van der Waals surface area (Å²) in [6.45, 7) is 6.60. The topological polar surface area (TPSA) is 114 Å². The minimum Gasteiger partial charge on any atom is -0.387 e. The number of aliphatic hydroxyl groups excluding tert-OH is 2. The second-order valence-corrected chi connectivity index (χ2v) is 7.91. The quantitative estimate of drug-likeness (QED) is 0.645. The fourth-order valence-electron chi connectivity index (χ4n) is 4.09. The van der Waals surface area contributed by atoms with Crippen molar-refractivity contribution in [3.05, 3.63) is 0 Å². The predicted molar refractivity (Wildman–Crippen MR) is 93.2 cm³/mol. The summed E-state index contributed by atoms with van der Waals surface area (Å²) in [4.78, 5) is 0. The number of hydrogen-bond donors (Lipinski definition) is 2. The van der Waals surface area contributed by atoms with Gasteiger partial charge >= 0.3 is 0 Å². The molecule has 0 amide bonds. The van der Waals surface area contributed by atoms with E-state index in [9.17, 15) is 10.2 Å². The summed E-state index contributed by atoms with van der Waals surface area (Å²) in [7, 11) is 5.82. The SMILES string of the molecule is COC1(C)O[C@@H]2[C@H]3OC(C)(OC)C(C)(OC)O[C@@H]3[C@H](O)[C@@H](O)[C@H]2OC1(C)OC. The molecule has 3 fully saturated rings. The van der Waals surface area contributed by atoms with Crippen LogP contribution in [0.3, 0.4) is 0 Å². The van der Waals surface area contributed by atoms with Gasteiger partial charge in [0.05, 0.1) is 0 Å². The summed E-state index contributed by atoms with van der Waals surface area (Å²) < 4.78 is 46.6. The Bertz CT molecular complexity index is 541. The molecule has 4 unspecified atom stereocenters. The van der Waals surface area contributed by atoms with Crippen LogP contribution in [0.2, 0.25) is 0 Å². The van der Waals surface area contributed by atoms with Gasteiger partial charge in [-0.25, -0.2) is 0 Å². The van der Waals surface area contributed by atoms with Gasteiger partial charge in [-0.05, 0) is 27.7 Å². The molecule has 2 saturated heterocycles. The van der Waals surface area contributed by atoms with Crippen LogP contribution in [0.4, 0.5) is 0 Å². The van der Waals surface area contributed by atoms with Crippen molar-refractivity contribution < 1.29 is 48.1 Å². The van der Waals surface area contributed by atoms with Gasteiger partial charge in [-0.2, -0.15) is 0 Å². The average Bonchev–Trinajstić information content (AvgIpc) is 2.69. The van der Waals surface area contributed by atoms with Crippen LogP contribution in [0.1, 0.15) is 27.7 Å². The van der Waals surface area contributed by atoms with Gasteiger partial charge in [0.2, 0.25) is 23.1 Å². The average molecular weight is 408 g/mol. The first-order valence-electron chi connectivity index (χ1n) is 9.23. The van der Waals surface area contributed by atoms with Gasteiger partial charge < -0.3 is 48.1 Å². The lowest BCUT2D eigenvalue weighted by Gasteiger charge is -2.61. The second-order valence-electron chi connectivity index (χ2n) is 7.91. The smallest absolute Gasteiger partial charge is 0.220 e. The molecule has 2 N–H and O–H groups in total. The van der Waals surface area contributed by atoms with E-state index in [2.05, 4.69) is 0 Å². The van der Waals surface area contributed by atoms with Crippen molar-refractivity contribution in [2.75, 3.05) is 28.4 Å². The van der Waals surface area contributed by atoms with Crippen molar-refractivity contribution in [2.45, 2.75) is 87.5 Å². The Labute approximate surface area is 164 Å². The molecule has 164 valence electrons. The van der Waals surface area contributed by atoms with Gasteiger partial charge in [-0.1, -0.05) is 0 Å². The minimum absolute atomic E-state index is 0.840. The van der Waals surface area contributed by atoms with Crippen LogP contribution in [0.15, 0.2) is 0 Å². The zero-order chi connectivity index (χ0) is 21.1. The van der Waals surface area contributed by atoms with E-state index in [1.54, 1.807) is 27.7 Å². The Morgan fingerprint density at radius 2 is 0.714 bits per heavy atom. The largest absolute Gasteiger partial charge is 0.387 e. The Kier molecular flexibility index (Phi) is 5.64. The highest BCUT2D eigenvalue weighted by atomic mass is 16.8. The highest BCUT2D eigenvalue weighted by Crippen LogP contribution is 2.49. The molecule has 1 saturated carbocycles. The first kappa shape index (κ1) is 22.3. The first-order chi connectivity index (χ1) is 12.9. The number of fused-ring (bicyclic) bond motifs is 3. The van der Waals surface area contributed by atoms with E-state index in [4.69, 9.17) is 37.9 Å². The summed E-state index contributed by atoms with van der Waals surface area (Å²) in [5, 5.41) is 21.5. The third kappa shape index (κ3) is 2.86. The first-order valence-corrected chi connectivity index (χ1v) is 9.23. The molecular weight excluding hydrogens is 376 g/mol. The number of aliphatic hydroxyl groups is 2. The summed E-state index contributed by atoms with van der Waals surface area (Å²) in [5.41, 5.74) is 0. The molecule has 10 nitrogen and oxygen atoms in total. The van der Waals surface area contributed by atoms with Gasteiger partial charge in [-0.3, -0.25) is 0 Å². The molecule has 0 aromatic carbocycles. The second kappa shape index (κ2) is 7.09. The highest BCUT2D eigenvalue weighted by molar-refractivity contribution is 5.09. The third-order valence-electron chi connectivity index (χ3n) is 6.65. The van der Waals surface area contributed by atoms with E-state index in [1.807, 2.05) is 0 Å².